The molecule has 6 nitrogen and oxygen atoms in total. The molecule has 0 heterocycles. The maximum Gasteiger partial charge on any atom is 0.407 e. The van der Waals surface area contributed by atoms with Crippen molar-refractivity contribution < 1.29 is 9.53 Å². The average Bonchev–Trinajstić information content (AvgIpc) is 2.42. The first-order valence-corrected chi connectivity index (χ1v) is 6.68. The Morgan fingerprint density at radius 2 is 2.00 bits per heavy atom. The third-order valence-electron chi connectivity index (χ3n) is 2.34. The van der Waals surface area contributed by atoms with Crippen LogP contribution in [0.3, 0.4) is 0 Å². The smallest absolute Gasteiger partial charge is 0.407 e. The number of nitrogens with zero attached hydrogens (tertiary/aromatic N) is 2. The number of nitrogens with two attached hydrogens (primary N) is 1. The number of hydrazone groups is 1. The summed E-state index contributed by atoms with van der Waals surface area (Å²) in [6, 6.07) is 9.82. The lowest BCUT2D eigenvalue weighted by Gasteiger charge is -2.19. The second-order valence-corrected chi connectivity index (χ2v) is 5.43. The zero-order valence-electron chi connectivity index (χ0n) is 12.7. The van der Waals surface area contributed by atoms with E-state index in [2.05, 4.69) is 15.4 Å². The summed E-state index contributed by atoms with van der Waals surface area (Å²) in [7, 11) is 0. The van der Waals surface area contributed by atoms with Crippen molar-refractivity contribution in [3.8, 4) is 0 Å². The van der Waals surface area contributed by atoms with Gasteiger partial charge in [-0.3, -0.25) is 4.99 Å². The van der Waals surface area contributed by atoms with E-state index in [-0.39, 0.29) is 6.54 Å². The minimum atomic E-state index is -0.536. The predicted molar refractivity (Wildman–Crippen MR) is 84.5 cm³/mol. The van der Waals surface area contributed by atoms with Gasteiger partial charge < -0.3 is 15.9 Å². The van der Waals surface area contributed by atoms with E-state index in [9.17, 15) is 4.79 Å². The van der Waals surface area contributed by atoms with Crippen molar-refractivity contribution in [2.45, 2.75) is 32.9 Å². The quantitative estimate of drug-likeness (QED) is 0.494. The molecule has 1 aromatic carbocycles. The Kier molecular flexibility index (Phi) is 6.39. The molecule has 0 fully saturated rings. The highest BCUT2D eigenvalue weighted by atomic mass is 16.6. The fraction of sp³-hybridized carbons (Fsp3) is 0.400. The predicted octanol–water partition coefficient (Wildman–Crippen LogP) is 2.10. The molecule has 0 spiro atoms. The van der Waals surface area contributed by atoms with Crippen molar-refractivity contribution in [1.82, 2.24) is 5.32 Å². The van der Waals surface area contributed by atoms with Gasteiger partial charge in [0.1, 0.15) is 5.60 Å². The molecule has 0 unspecified atom stereocenters. The van der Waals surface area contributed by atoms with Crippen molar-refractivity contribution in [2.75, 3.05) is 6.54 Å². The van der Waals surface area contributed by atoms with Crippen LogP contribution in [0.15, 0.2) is 40.4 Å². The molecule has 6 heteroatoms. The fourth-order valence-corrected chi connectivity index (χ4v) is 1.44. The lowest BCUT2D eigenvalue weighted by molar-refractivity contribution is 0.0536. The molecule has 0 atom stereocenters. The van der Waals surface area contributed by atoms with Crippen LogP contribution in [-0.4, -0.2) is 30.2 Å². The summed E-state index contributed by atoms with van der Waals surface area (Å²) in [6.07, 6.45) is 1.03. The number of carbonyl (C=O) groups is 1. The van der Waals surface area contributed by atoms with Crippen LogP contribution >= 0.6 is 0 Å². The molecule has 0 aliphatic heterocycles. The highest BCUT2D eigenvalue weighted by Gasteiger charge is 2.15. The summed E-state index contributed by atoms with van der Waals surface area (Å²) in [5.74, 6) is 5.27. The first-order valence-electron chi connectivity index (χ1n) is 6.68. The van der Waals surface area contributed by atoms with E-state index in [0.717, 1.165) is 5.56 Å². The molecule has 3 N–H and O–H groups in total. The summed E-state index contributed by atoms with van der Waals surface area (Å²) in [4.78, 5) is 15.7. The van der Waals surface area contributed by atoms with E-state index in [1.165, 1.54) is 0 Å². The molecule has 0 radical (unpaired) electrons. The lowest BCUT2D eigenvalue weighted by atomic mass is 10.2. The van der Waals surface area contributed by atoms with Crippen molar-refractivity contribution in [3.63, 3.8) is 0 Å². The number of nitrogens with one attached hydrogen (secondary N) is 1. The molecule has 1 amide bonds. The first-order chi connectivity index (χ1) is 9.90. The molecule has 21 heavy (non-hydrogen) atoms. The molecule has 0 saturated heterocycles. The minimum Gasteiger partial charge on any atom is -0.444 e. The van der Waals surface area contributed by atoms with Gasteiger partial charge in [0, 0.05) is 6.21 Å². The number of rotatable bonds is 5. The fourth-order valence-electron chi connectivity index (χ4n) is 1.44. The van der Waals surface area contributed by atoms with Gasteiger partial charge in [0.15, 0.2) is 0 Å². The van der Waals surface area contributed by atoms with Crippen LogP contribution in [0.25, 0.3) is 0 Å². The van der Waals surface area contributed by atoms with Gasteiger partial charge in [-0.05, 0) is 26.3 Å². The van der Waals surface area contributed by atoms with Gasteiger partial charge in [-0.2, -0.15) is 5.10 Å². The Morgan fingerprint density at radius 1 is 1.33 bits per heavy atom. The molecule has 114 valence electrons. The van der Waals surface area contributed by atoms with Gasteiger partial charge in [-0.25, -0.2) is 4.79 Å². The molecule has 0 bridgehead atoms. The second-order valence-electron chi connectivity index (χ2n) is 5.43. The van der Waals surface area contributed by atoms with Gasteiger partial charge in [-0.15, -0.1) is 0 Å². The maximum absolute atomic E-state index is 11.5. The highest BCUT2D eigenvalue weighted by Crippen LogP contribution is 2.06. The lowest BCUT2D eigenvalue weighted by Crippen LogP contribution is -2.36. The van der Waals surface area contributed by atoms with Crippen molar-refractivity contribution >= 4 is 18.0 Å². The van der Waals surface area contributed by atoms with Gasteiger partial charge in [-0.1, -0.05) is 30.3 Å². The Labute approximate surface area is 125 Å². The summed E-state index contributed by atoms with van der Waals surface area (Å²) >= 11 is 0. The summed E-state index contributed by atoms with van der Waals surface area (Å²) in [5.41, 5.74) is 1.02. The zero-order chi connectivity index (χ0) is 15.7. The Bertz CT molecular complexity index is 504. The number of benzene rings is 1. The number of aliphatic imine (C=N–C) groups is 1. The summed E-state index contributed by atoms with van der Waals surface area (Å²) in [6.45, 7) is 6.10. The Morgan fingerprint density at radius 3 is 2.57 bits per heavy atom. The third-order valence-corrected chi connectivity index (χ3v) is 2.34. The molecule has 0 aliphatic carbocycles. The maximum atomic E-state index is 11.5. The first kappa shape index (κ1) is 16.7. The van der Waals surface area contributed by atoms with E-state index in [4.69, 9.17) is 10.6 Å². The molecule has 1 rings (SSSR count). The molecule has 0 aliphatic rings. The topological polar surface area (TPSA) is 89.1 Å². The van der Waals surface area contributed by atoms with Crippen LogP contribution in [0.1, 0.15) is 26.3 Å². The van der Waals surface area contributed by atoms with Crippen LogP contribution in [0.2, 0.25) is 0 Å². The van der Waals surface area contributed by atoms with Crippen LogP contribution in [0, 0.1) is 0 Å². The second kappa shape index (κ2) is 8.04. The van der Waals surface area contributed by atoms with E-state index < -0.39 is 11.7 Å². The molecular weight excluding hydrogens is 268 g/mol. The highest BCUT2D eigenvalue weighted by molar-refractivity contribution is 6.31. The van der Waals surface area contributed by atoms with Gasteiger partial charge in [0.2, 0.25) is 0 Å². The zero-order valence-corrected chi connectivity index (χ0v) is 12.7. The Balaban J connectivity index is 2.40. The van der Waals surface area contributed by atoms with Crippen LogP contribution in [0.5, 0.6) is 0 Å². The summed E-state index contributed by atoms with van der Waals surface area (Å²) in [5, 5.41) is 6.16. The molecule has 1 aromatic rings. The van der Waals surface area contributed by atoms with Crippen LogP contribution in [0.4, 0.5) is 4.79 Å². The molecule has 0 saturated carbocycles. The van der Waals surface area contributed by atoms with Crippen molar-refractivity contribution in [2.24, 2.45) is 15.9 Å². The number of alkyl carbamates (subject to hydrolysis) is 1. The number of carbonyl (C=O) groups excluding carboxylic acids is 1. The Hall–Kier alpha value is -2.37. The molecule has 0 aromatic heterocycles. The number of amides is 1. The van der Waals surface area contributed by atoms with Crippen molar-refractivity contribution in [1.29, 1.82) is 0 Å². The number of ether oxygens (including phenoxy) is 1. The minimum absolute atomic E-state index is 0.170. The van der Waals surface area contributed by atoms with Crippen molar-refractivity contribution in [3.05, 3.63) is 35.9 Å². The number of hydrogen-bond acceptors (Lipinski definition) is 5. The van der Waals surface area contributed by atoms with E-state index in [1.807, 2.05) is 30.3 Å². The third kappa shape index (κ3) is 7.71. The van der Waals surface area contributed by atoms with Gasteiger partial charge in [0.25, 0.3) is 0 Å². The van der Waals surface area contributed by atoms with Crippen LogP contribution < -0.4 is 11.2 Å². The monoisotopic (exact) mass is 290 g/mol. The number of hydrogen-bond donors (Lipinski definition) is 2. The summed E-state index contributed by atoms with van der Waals surface area (Å²) < 4.78 is 5.12. The van der Waals surface area contributed by atoms with E-state index in [1.54, 1.807) is 27.0 Å². The molecular formula is C15H22N4O2. The van der Waals surface area contributed by atoms with Gasteiger partial charge >= 0.3 is 6.09 Å². The van der Waals surface area contributed by atoms with Gasteiger partial charge in [0.05, 0.1) is 18.8 Å². The van der Waals surface area contributed by atoms with E-state index >= 15 is 0 Å². The van der Waals surface area contributed by atoms with Crippen LogP contribution in [-0.2, 0) is 11.3 Å². The SMILES string of the molecule is CC(C)(C)OC(=O)NCC(C=NCc1ccccc1)=NN. The largest absolute Gasteiger partial charge is 0.444 e. The average molecular weight is 290 g/mol. The normalized spacial score (nSPS) is 12.4. The van der Waals surface area contributed by atoms with E-state index in [0.29, 0.717) is 12.3 Å². The standard InChI is InChI=1S/C15H22N4O2/c1-15(2,3)21-14(20)18-11-13(19-16)10-17-9-12-7-5-4-6-8-12/h4-8,10H,9,11,16H2,1-3H3,(H,18,20).